The number of alkyl carbamates (subject to hydrolysis) is 1. The van der Waals surface area contributed by atoms with Crippen molar-refractivity contribution in [2.75, 3.05) is 0 Å². The highest BCUT2D eigenvalue weighted by Gasteiger charge is 2.21. The molecule has 0 bridgehead atoms. The van der Waals surface area contributed by atoms with Crippen molar-refractivity contribution in [1.29, 1.82) is 0 Å². The Labute approximate surface area is 127 Å². The average molecular weight is 293 g/mol. The van der Waals surface area contributed by atoms with Crippen LogP contribution in [-0.4, -0.2) is 28.9 Å². The molecule has 4 heteroatoms. The molecule has 0 aromatic heterocycles. The second kappa shape index (κ2) is 8.03. The Balaban J connectivity index is 2.28. The van der Waals surface area contributed by atoms with E-state index >= 15 is 0 Å². The van der Waals surface area contributed by atoms with Gasteiger partial charge >= 0.3 is 6.09 Å². The highest BCUT2D eigenvalue weighted by molar-refractivity contribution is 5.68. The van der Waals surface area contributed by atoms with Crippen LogP contribution in [-0.2, 0) is 11.2 Å². The van der Waals surface area contributed by atoms with E-state index in [2.05, 4.69) is 17.4 Å². The predicted molar refractivity (Wildman–Crippen MR) is 84.2 cm³/mol. The van der Waals surface area contributed by atoms with Crippen molar-refractivity contribution < 1.29 is 14.6 Å². The number of aryl methyl sites for hydroxylation is 1. The molecule has 0 unspecified atom stereocenters. The summed E-state index contributed by atoms with van der Waals surface area (Å²) in [6, 6.07) is 9.85. The van der Waals surface area contributed by atoms with Gasteiger partial charge < -0.3 is 15.2 Å². The third-order valence-electron chi connectivity index (χ3n) is 3.13. The lowest BCUT2D eigenvalue weighted by Gasteiger charge is -2.24. The normalized spacial score (nSPS) is 14.3. The number of benzene rings is 1. The Kier molecular flexibility index (Phi) is 6.69. The van der Waals surface area contributed by atoms with Crippen LogP contribution >= 0.6 is 0 Å². The molecule has 0 aliphatic heterocycles. The van der Waals surface area contributed by atoms with Crippen LogP contribution in [0.25, 0.3) is 0 Å². The monoisotopic (exact) mass is 293 g/mol. The topological polar surface area (TPSA) is 58.6 Å². The van der Waals surface area contributed by atoms with Crippen LogP contribution in [0.5, 0.6) is 0 Å². The lowest BCUT2D eigenvalue weighted by molar-refractivity contribution is 0.0427. The largest absolute Gasteiger partial charge is 0.444 e. The van der Waals surface area contributed by atoms with Gasteiger partial charge in [-0.3, -0.25) is 0 Å². The van der Waals surface area contributed by atoms with Gasteiger partial charge in [-0.2, -0.15) is 0 Å². The number of hydrogen-bond acceptors (Lipinski definition) is 3. The summed E-state index contributed by atoms with van der Waals surface area (Å²) < 4.78 is 5.17. The first-order valence-electron chi connectivity index (χ1n) is 7.49. The first-order valence-corrected chi connectivity index (χ1v) is 7.49. The quantitative estimate of drug-likeness (QED) is 0.846. The zero-order valence-corrected chi connectivity index (χ0v) is 13.4. The molecule has 0 aliphatic carbocycles. The molecular weight excluding hydrogens is 266 g/mol. The summed E-state index contributed by atoms with van der Waals surface area (Å²) in [5.74, 6) is 0. The van der Waals surface area contributed by atoms with Crippen molar-refractivity contribution in [2.45, 2.75) is 64.7 Å². The molecule has 4 nitrogen and oxygen atoms in total. The SMILES string of the molecule is C[C@H](NC(=O)OC(C)(C)C)[C@@H](O)CCCc1ccccc1. The first-order chi connectivity index (χ1) is 9.78. The molecule has 0 saturated heterocycles. The molecule has 1 rings (SSSR count). The molecule has 0 fully saturated rings. The first kappa shape index (κ1) is 17.5. The van der Waals surface area contributed by atoms with Crippen LogP contribution in [0.1, 0.15) is 46.1 Å². The lowest BCUT2D eigenvalue weighted by atomic mass is 10.0. The van der Waals surface area contributed by atoms with E-state index in [9.17, 15) is 9.90 Å². The molecule has 0 aliphatic rings. The van der Waals surface area contributed by atoms with Gasteiger partial charge in [-0.1, -0.05) is 30.3 Å². The maximum atomic E-state index is 11.6. The fraction of sp³-hybridized carbons (Fsp3) is 0.588. The van der Waals surface area contributed by atoms with Crippen molar-refractivity contribution in [3.8, 4) is 0 Å². The minimum absolute atomic E-state index is 0.323. The molecule has 118 valence electrons. The van der Waals surface area contributed by atoms with Crippen molar-refractivity contribution >= 4 is 6.09 Å². The van der Waals surface area contributed by atoms with Crippen molar-refractivity contribution in [3.63, 3.8) is 0 Å². The smallest absolute Gasteiger partial charge is 0.407 e. The number of aliphatic hydroxyl groups excluding tert-OH is 1. The molecule has 0 heterocycles. The summed E-state index contributed by atoms with van der Waals surface area (Å²) in [5.41, 5.74) is 0.736. The summed E-state index contributed by atoms with van der Waals surface area (Å²) in [4.78, 5) is 11.6. The Bertz CT molecular complexity index is 425. The van der Waals surface area contributed by atoms with E-state index in [0.29, 0.717) is 6.42 Å². The van der Waals surface area contributed by atoms with E-state index < -0.39 is 17.8 Å². The molecule has 1 amide bonds. The summed E-state index contributed by atoms with van der Waals surface area (Å²) >= 11 is 0. The van der Waals surface area contributed by atoms with Crippen LogP contribution in [0.2, 0.25) is 0 Å². The maximum absolute atomic E-state index is 11.6. The van der Waals surface area contributed by atoms with E-state index in [1.807, 2.05) is 39.0 Å². The van der Waals surface area contributed by atoms with Crippen LogP contribution in [0.15, 0.2) is 30.3 Å². The third-order valence-corrected chi connectivity index (χ3v) is 3.13. The summed E-state index contributed by atoms with van der Waals surface area (Å²) in [6.07, 6.45) is 1.40. The summed E-state index contributed by atoms with van der Waals surface area (Å²) in [6.45, 7) is 7.23. The van der Waals surface area contributed by atoms with Crippen LogP contribution in [0, 0.1) is 0 Å². The number of amides is 1. The van der Waals surface area contributed by atoms with E-state index in [1.54, 1.807) is 6.92 Å². The van der Waals surface area contributed by atoms with Crippen LogP contribution in [0.4, 0.5) is 4.79 Å². The van der Waals surface area contributed by atoms with Gasteiger partial charge in [-0.25, -0.2) is 4.79 Å². The van der Waals surface area contributed by atoms with Gasteiger partial charge in [0.1, 0.15) is 5.60 Å². The molecule has 2 atom stereocenters. The van der Waals surface area contributed by atoms with E-state index in [4.69, 9.17) is 4.74 Å². The highest BCUT2D eigenvalue weighted by Crippen LogP contribution is 2.10. The molecule has 2 N–H and O–H groups in total. The van der Waals surface area contributed by atoms with Crippen LogP contribution in [0.3, 0.4) is 0 Å². The van der Waals surface area contributed by atoms with Crippen LogP contribution < -0.4 is 5.32 Å². The Morgan fingerprint density at radius 2 is 1.90 bits per heavy atom. The average Bonchev–Trinajstić information content (AvgIpc) is 2.37. The van der Waals surface area contributed by atoms with Crippen molar-refractivity contribution in [2.24, 2.45) is 0 Å². The van der Waals surface area contributed by atoms with E-state index in [-0.39, 0.29) is 6.04 Å². The van der Waals surface area contributed by atoms with Crippen molar-refractivity contribution in [3.05, 3.63) is 35.9 Å². The standard InChI is InChI=1S/C17H27NO3/c1-13(18-16(20)21-17(2,3)4)15(19)12-8-11-14-9-6-5-7-10-14/h5-7,9-10,13,15,19H,8,11-12H2,1-4H3,(H,18,20)/t13-,15-/m0/s1. The number of rotatable bonds is 6. The summed E-state index contributed by atoms with van der Waals surface area (Å²) in [7, 11) is 0. The fourth-order valence-corrected chi connectivity index (χ4v) is 2.00. The lowest BCUT2D eigenvalue weighted by Crippen LogP contribution is -2.43. The number of hydrogen-bond donors (Lipinski definition) is 2. The molecule has 0 saturated carbocycles. The molecule has 0 spiro atoms. The Morgan fingerprint density at radius 3 is 2.48 bits per heavy atom. The minimum atomic E-state index is -0.568. The van der Waals surface area contributed by atoms with E-state index in [0.717, 1.165) is 12.8 Å². The second-order valence-corrected chi connectivity index (χ2v) is 6.38. The fourth-order valence-electron chi connectivity index (χ4n) is 2.00. The number of aliphatic hydroxyl groups is 1. The number of nitrogens with one attached hydrogen (secondary N) is 1. The van der Waals surface area contributed by atoms with Gasteiger partial charge in [0.25, 0.3) is 0 Å². The van der Waals surface area contributed by atoms with Gasteiger partial charge in [-0.05, 0) is 52.5 Å². The van der Waals surface area contributed by atoms with Crippen molar-refractivity contribution in [1.82, 2.24) is 5.32 Å². The van der Waals surface area contributed by atoms with Gasteiger partial charge in [0, 0.05) is 0 Å². The predicted octanol–water partition coefficient (Wildman–Crippen LogP) is 3.28. The zero-order chi connectivity index (χ0) is 15.9. The molecule has 1 aromatic carbocycles. The molecule has 0 radical (unpaired) electrons. The second-order valence-electron chi connectivity index (χ2n) is 6.38. The summed E-state index contributed by atoms with van der Waals surface area (Å²) in [5, 5.41) is 12.7. The Hall–Kier alpha value is -1.55. The minimum Gasteiger partial charge on any atom is -0.444 e. The number of carbonyl (C=O) groups is 1. The van der Waals surface area contributed by atoms with Gasteiger partial charge in [0.05, 0.1) is 12.1 Å². The highest BCUT2D eigenvalue weighted by atomic mass is 16.6. The van der Waals surface area contributed by atoms with E-state index in [1.165, 1.54) is 5.56 Å². The van der Waals surface area contributed by atoms with Gasteiger partial charge in [-0.15, -0.1) is 0 Å². The third kappa shape index (κ3) is 7.71. The van der Waals surface area contributed by atoms with Gasteiger partial charge in [0.15, 0.2) is 0 Å². The van der Waals surface area contributed by atoms with Gasteiger partial charge in [0.2, 0.25) is 0 Å². The molecule has 21 heavy (non-hydrogen) atoms. The number of ether oxygens (including phenoxy) is 1. The Morgan fingerprint density at radius 1 is 1.29 bits per heavy atom. The number of carbonyl (C=O) groups excluding carboxylic acids is 1. The molecule has 1 aromatic rings. The maximum Gasteiger partial charge on any atom is 0.407 e. The zero-order valence-electron chi connectivity index (χ0n) is 13.4. The molecular formula is C17H27NO3.